The van der Waals surface area contributed by atoms with E-state index in [0.717, 1.165) is 11.8 Å². The second-order valence-corrected chi connectivity index (χ2v) is 4.48. The van der Waals surface area contributed by atoms with E-state index in [1.807, 2.05) is 0 Å². The molecule has 0 radical (unpaired) electrons. The summed E-state index contributed by atoms with van der Waals surface area (Å²) in [5.74, 6) is 1.84. The van der Waals surface area contributed by atoms with Crippen molar-refractivity contribution in [3.05, 3.63) is 23.3 Å². The predicted octanol–water partition coefficient (Wildman–Crippen LogP) is 3.70. The Morgan fingerprint density at radius 2 is 2.25 bits per heavy atom. The van der Waals surface area contributed by atoms with Crippen LogP contribution in [0.1, 0.15) is 39.5 Å². The zero-order valence-corrected chi connectivity index (χ0v) is 8.14. The van der Waals surface area contributed by atoms with Crippen LogP contribution < -0.4 is 0 Å². The van der Waals surface area contributed by atoms with Crippen LogP contribution in [0.4, 0.5) is 0 Å². The van der Waals surface area contributed by atoms with Gasteiger partial charge in [-0.25, -0.2) is 0 Å². The highest BCUT2D eigenvalue weighted by Crippen LogP contribution is 2.38. The lowest BCUT2D eigenvalue weighted by Crippen LogP contribution is -2.13. The number of allylic oxidation sites excluding steroid dienone is 4. The van der Waals surface area contributed by atoms with Gasteiger partial charge in [0, 0.05) is 0 Å². The monoisotopic (exact) mass is 162 g/mol. The molecule has 0 aliphatic heterocycles. The van der Waals surface area contributed by atoms with Crippen molar-refractivity contribution in [1.82, 2.24) is 0 Å². The zero-order chi connectivity index (χ0) is 8.55. The summed E-state index contributed by atoms with van der Waals surface area (Å²) in [5, 5.41) is 0. The molecule has 0 bridgehead atoms. The van der Waals surface area contributed by atoms with Crippen molar-refractivity contribution >= 4 is 0 Å². The van der Waals surface area contributed by atoms with Crippen LogP contribution in [0.25, 0.3) is 0 Å². The van der Waals surface area contributed by atoms with Crippen molar-refractivity contribution in [3.63, 3.8) is 0 Å². The maximum Gasteiger partial charge on any atom is -0.0130 e. The normalized spacial score (nSPS) is 28.4. The Morgan fingerprint density at radius 1 is 1.42 bits per heavy atom. The second-order valence-electron chi connectivity index (χ2n) is 4.48. The van der Waals surface area contributed by atoms with Crippen LogP contribution in [0, 0.1) is 11.8 Å². The quantitative estimate of drug-likeness (QED) is 0.551. The highest BCUT2D eigenvalue weighted by atomic mass is 14.3. The molecule has 0 aromatic rings. The fourth-order valence-corrected chi connectivity index (χ4v) is 2.40. The molecule has 2 aliphatic rings. The Hall–Kier alpha value is -0.520. The fourth-order valence-electron chi connectivity index (χ4n) is 2.40. The molecule has 0 saturated carbocycles. The lowest BCUT2D eigenvalue weighted by molar-refractivity contribution is 0.343. The lowest BCUT2D eigenvalue weighted by atomic mass is 9.79. The molecule has 0 saturated heterocycles. The van der Waals surface area contributed by atoms with Crippen molar-refractivity contribution in [3.8, 4) is 0 Å². The van der Waals surface area contributed by atoms with Crippen LogP contribution in [0.15, 0.2) is 23.3 Å². The van der Waals surface area contributed by atoms with E-state index in [1.54, 1.807) is 11.1 Å². The minimum absolute atomic E-state index is 0.875. The van der Waals surface area contributed by atoms with Crippen LogP contribution in [0.5, 0.6) is 0 Å². The highest BCUT2D eigenvalue weighted by Gasteiger charge is 2.23. The topological polar surface area (TPSA) is 0 Å². The second kappa shape index (κ2) is 3.08. The van der Waals surface area contributed by atoms with Gasteiger partial charge in [0.05, 0.1) is 0 Å². The molecule has 0 nitrogen and oxygen atoms in total. The van der Waals surface area contributed by atoms with Gasteiger partial charge in [-0.2, -0.15) is 0 Å². The molecule has 2 rings (SSSR count). The van der Waals surface area contributed by atoms with E-state index in [1.165, 1.54) is 25.7 Å². The summed E-state index contributed by atoms with van der Waals surface area (Å²) >= 11 is 0. The van der Waals surface area contributed by atoms with Gasteiger partial charge >= 0.3 is 0 Å². The van der Waals surface area contributed by atoms with E-state index in [-0.39, 0.29) is 0 Å². The molecule has 0 heteroatoms. The van der Waals surface area contributed by atoms with Gasteiger partial charge in [-0.05, 0) is 43.1 Å². The van der Waals surface area contributed by atoms with Crippen LogP contribution >= 0.6 is 0 Å². The van der Waals surface area contributed by atoms with Gasteiger partial charge in [0.2, 0.25) is 0 Å². The SMILES string of the molecule is CC(C)C1CCC2=C(CC=C2)C1. The Kier molecular flexibility index (Phi) is 2.08. The highest BCUT2D eigenvalue weighted by molar-refractivity contribution is 5.35. The van der Waals surface area contributed by atoms with Crippen molar-refractivity contribution in [2.75, 3.05) is 0 Å². The van der Waals surface area contributed by atoms with Gasteiger partial charge < -0.3 is 0 Å². The maximum atomic E-state index is 2.36. The molecule has 2 aliphatic carbocycles. The number of hydrogen-bond donors (Lipinski definition) is 0. The Bertz CT molecular complexity index is 230. The van der Waals surface area contributed by atoms with Crippen LogP contribution in [0.3, 0.4) is 0 Å². The van der Waals surface area contributed by atoms with Gasteiger partial charge in [0.15, 0.2) is 0 Å². The standard InChI is InChI=1S/C12H18/c1-9(2)11-7-6-10-4-3-5-12(10)8-11/h3-4,9,11H,5-8H2,1-2H3. The number of hydrogen-bond acceptors (Lipinski definition) is 0. The molecule has 0 aromatic carbocycles. The molecule has 0 heterocycles. The van der Waals surface area contributed by atoms with E-state index in [2.05, 4.69) is 26.0 Å². The molecular formula is C12H18. The first-order chi connectivity index (χ1) is 5.77. The Morgan fingerprint density at radius 3 is 3.00 bits per heavy atom. The molecule has 66 valence electrons. The first-order valence-corrected chi connectivity index (χ1v) is 5.15. The van der Waals surface area contributed by atoms with Gasteiger partial charge in [0.25, 0.3) is 0 Å². The average Bonchev–Trinajstić information content (AvgIpc) is 2.49. The third-order valence-electron chi connectivity index (χ3n) is 3.37. The minimum Gasteiger partial charge on any atom is -0.0802 e. The molecule has 12 heavy (non-hydrogen) atoms. The average molecular weight is 162 g/mol. The smallest absolute Gasteiger partial charge is 0.0130 e. The molecule has 1 atom stereocenters. The predicted molar refractivity (Wildman–Crippen MR) is 53.0 cm³/mol. The Labute approximate surface area is 75.4 Å². The van der Waals surface area contributed by atoms with Gasteiger partial charge in [-0.3, -0.25) is 0 Å². The molecular weight excluding hydrogens is 144 g/mol. The van der Waals surface area contributed by atoms with Gasteiger partial charge in [-0.1, -0.05) is 31.6 Å². The maximum absolute atomic E-state index is 2.36. The third kappa shape index (κ3) is 1.35. The molecule has 0 amide bonds. The van der Waals surface area contributed by atoms with Gasteiger partial charge in [0.1, 0.15) is 0 Å². The first kappa shape index (κ1) is 8.10. The summed E-state index contributed by atoms with van der Waals surface area (Å²) in [7, 11) is 0. The largest absolute Gasteiger partial charge is 0.0802 e. The van der Waals surface area contributed by atoms with Crippen LogP contribution in [0.2, 0.25) is 0 Å². The third-order valence-corrected chi connectivity index (χ3v) is 3.37. The van der Waals surface area contributed by atoms with E-state index in [9.17, 15) is 0 Å². The van der Waals surface area contributed by atoms with Crippen molar-refractivity contribution < 1.29 is 0 Å². The van der Waals surface area contributed by atoms with Crippen LogP contribution in [-0.4, -0.2) is 0 Å². The molecule has 0 fully saturated rings. The molecule has 1 unspecified atom stereocenters. The molecule has 0 aromatic heterocycles. The van der Waals surface area contributed by atoms with E-state index in [0.29, 0.717) is 0 Å². The van der Waals surface area contributed by atoms with Crippen molar-refractivity contribution in [1.29, 1.82) is 0 Å². The summed E-state index contributed by atoms with van der Waals surface area (Å²) in [6.45, 7) is 4.72. The first-order valence-electron chi connectivity index (χ1n) is 5.15. The summed E-state index contributed by atoms with van der Waals surface area (Å²) in [6, 6.07) is 0. The molecule has 0 spiro atoms. The molecule has 0 N–H and O–H groups in total. The van der Waals surface area contributed by atoms with E-state index < -0.39 is 0 Å². The Balaban J connectivity index is 2.06. The summed E-state index contributed by atoms with van der Waals surface area (Å²) < 4.78 is 0. The number of rotatable bonds is 1. The van der Waals surface area contributed by atoms with Crippen molar-refractivity contribution in [2.24, 2.45) is 11.8 Å². The minimum atomic E-state index is 0.875. The van der Waals surface area contributed by atoms with E-state index >= 15 is 0 Å². The van der Waals surface area contributed by atoms with Crippen LogP contribution in [-0.2, 0) is 0 Å². The summed E-state index contributed by atoms with van der Waals surface area (Å²) in [5.41, 5.74) is 3.40. The fraction of sp³-hybridized carbons (Fsp3) is 0.667. The van der Waals surface area contributed by atoms with E-state index in [4.69, 9.17) is 0 Å². The zero-order valence-electron chi connectivity index (χ0n) is 8.14. The summed E-state index contributed by atoms with van der Waals surface area (Å²) in [4.78, 5) is 0. The summed E-state index contributed by atoms with van der Waals surface area (Å²) in [6.07, 6.45) is 10.0. The van der Waals surface area contributed by atoms with Gasteiger partial charge in [-0.15, -0.1) is 0 Å². The van der Waals surface area contributed by atoms with Crippen molar-refractivity contribution in [2.45, 2.75) is 39.5 Å². The lowest BCUT2D eigenvalue weighted by Gasteiger charge is -2.26.